The zero-order valence-corrected chi connectivity index (χ0v) is 18.4. The summed E-state index contributed by atoms with van der Waals surface area (Å²) in [7, 11) is 0. The van der Waals surface area contributed by atoms with Crippen molar-refractivity contribution in [3.63, 3.8) is 0 Å². The lowest BCUT2D eigenvalue weighted by Gasteiger charge is -2.22. The van der Waals surface area contributed by atoms with Crippen LogP contribution in [0.25, 0.3) is 0 Å². The van der Waals surface area contributed by atoms with Crippen LogP contribution in [0, 0.1) is 12.3 Å². The van der Waals surface area contributed by atoms with Crippen molar-refractivity contribution < 1.29 is 19.2 Å². The number of urea groups is 1. The fraction of sp³-hybridized carbons (Fsp3) is 0.333. The molecule has 1 atom stereocenters. The monoisotopic (exact) mass is 421 g/mol. The number of benzene rings is 2. The van der Waals surface area contributed by atoms with Gasteiger partial charge in [0, 0.05) is 16.7 Å². The fourth-order valence-corrected chi connectivity index (χ4v) is 3.22. The average molecular weight is 421 g/mol. The minimum Gasteiger partial charge on any atom is -0.326 e. The summed E-state index contributed by atoms with van der Waals surface area (Å²) in [5.41, 5.74) is 0.856. The second-order valence-electron chi connectivity index (χ2n) is 9.02. The van der Waals surface area contributed by atoms with Crippen LogP contribution in [0.15, 0.2) is 48.5 Å². The molecule has 2 N–H and O–H groups in total. The van der Waals surface area contributed by atoms with Gasteiger partial charge in [-0.1, -0.05) is 50.6 Å². The van der Waals surface area contributed by atoms with Crippen molar-refractivity contribution in [3.8, 4) is 0 Å². The minimum atomic E-state index is -1.22. The third kappa shape index (κ3) is 4.50. The Hall–Kier alpha value is -3.48. The highest BCUT2D eigenvalue weighted by Crippen LogP contribution is 2.29. The highest BCUT2D eigenvalue weighted by atomic mass is 16.2. The standard InChI is InChI=1S/C24H27N3O4/c1-15-6-10-17(11-7-15)24(5)21(30)27(22(31)26-24)14-19(28)16-8-12-18(13-9-16)25-20(29)23(2,3)4/h6-13H,14H2,1-5H3,(H,25,29)(H,26,31)/t24-/m0/s1. The Balaban J connectivity index is 1.71. The van der Waals surface area contributed by atoms with Gasteiger partial charge in [-0.15, -0.1) is 0 Å². The molecule has 0 aromatic heterocycles. The Labute approximate surface area is 181 Å². The van der Waals surface area contributed by atoms with E-state index in [9.17, 15) is 19.2 Å². The van der Waals surface area contributed by atoms with Crippen LogP contribution in [-0.2, 0) is 15.1 Å². The highest BCUT2D eigenvalue weighted by Gasteiger charge is 2.49. The summed E-state index contributed by atoms with van der Waals surface area (Å²) in [6.07, 6.45) is 0. The fourth-order valence-electron chi connectivity index (χ4n) is 3.22. The van der Waals surface area contributed by atoms with Crippen LogP contribution in [-0.4, -0.2) is 35.1 Å². The Morgan fingerprint density at radius 3 is 2.13 bits per heavy atom. The molecule has 31 heavy (non-hydrogen) atoms. The van der Waals surface area contributed by atoms with Gasteiger partial charge in [0.25, 0.3) is 5.91 Å². The number of nitrogens with zero attached hydrogens (tertiary/aromatic N) is 1. The van der Waals surface area contributed by atoms with Gasteiger partial charge in [-0.25, -0.2) is 4.79 Å². The number of carbonyl (C=O) groups excluding carboxylic acids is 4. The molecule has 0 radical (unpaired) electrons. The predicted molar refractivity (Wildman–Crippen MR) is 118 cm³/mol. The van der Waals surface area contributed by atoms with E-state index in [1.807, 2.05) is 39.8 Å². The van der Waals surface area contributed by atoms with E-state index in [0.717, 1.165) is 10.5 Å². The first-order chi connectivity index (χ1) is 14.4. The highest BCUT2D eigenvalue weighted by molar-refractivity contribution is 6.11. The second kappa shape index (κ2) is 7.98. The number of amides is 4. The van der Waals surface area contributed by atoms with E-state index in [2.05, 4.69) is 10.6 Å². The molecule has 1 aliphatic rings. The van der Waals surface area contributed by atoms with Crippen LogP contribution < -0.4 is 10.6 Å². The number of hydrogen-bond donors (Lipinski definition) is 2. The average Bonchev–Trinajstić information content (AvgIpc) is 2.92. The number of rotatable bonds is 5. The molecule has 1 fully saturated rings. The normalized spacial score (nSPS) is 18.7. The van der Waals surface area contributed by atoms with Crippen LogP contribution in [0.3, 0.4) is 0 Å². The molecule has 1 aliphatic heterocycles. The maximum Gasteiger partial charge on any atom is 0.325 e. The van der Waals surface area contributed by atoms with Crippen LogP contribution in [0.2, 0.25) is 0 Å². The lowest BCUT2D eigenvalue weighted by molar-refractivity contribution is -0.130. The van der Waals surface area contributed by atoms with Crippen LogP contribution >= 0.6 is 0 Å². The van der Waals surface area contributed by atoms with Crippen molar-refractivity contribution in [3.05, 3.63) is 65.2 Å². The maximum absolute atomic E-state index is 13.0. The first-order valence-corrected chi connectivity index (χ1v) is 10.1. The van der Waals surface area contributed by atoms with Crippen molar-refractivity contribution in [2.24, 2.45) is 5.41 Å². The topological polar surface area (TPSA) is 95.6 Å². The number of ketones is 1. The first kappa shape index (κ1) is 22.2. The van der Waals surface area contributed by atoms with Gasteiger partial charge < -0.3 is 10.6 Å². The van der Waals surface area contributed by atoms with Crippen LogP contribution in [0.5, 0.6) is 0 Å². The van der Waals surface area contributed by atoms with Gasteiger partial charge in [-0.2, -0.15) is 0 Å². The Morgan fingerprint density at radius 1 is 1.00 bits per heavy atom. The van der Waals surface area contributed by atoms with Gasteiger partial charge >= 0.3 is 6.03 Å². The van der Waals surface area contributed by atoms with Crippen molar-refractivity contribution in [1.29, 1.82) is 0 Å². The molecule has 7 heteroatoms. The van der Waals surface area contributed by atoms with Gasteiger partial charge in [-0.3, -0.25) is 19.3 Å². The molecule has 0 spiro atoms. The summed E-state index contributed by atoms with van der Waals surface area (Å²) in [6, 6.07) is 13.1. The summed E-state index contributed by atoms with van der Waals surface area (Å²) in [5, 5.41) is 5.49. The van der Waals surface area contributed by atoms with Gasteiger partial charge in [-0.05, 0) is 43.7 Å². The Morgan fingerprint density at radius 2 is 1.58 bits per heavy atom. The second-order valence-corrected chi connectivity index (χ2v) is 9.02. The molecule has 0 bridgehead atoms. The molecule has 0 saturated carbocycles. The summed E-state index contributed by atoms with van der Waals surface area (Å²) in [5.74, 6) is -0.976. The number of carbonyl (C=O) groups is 4. The lowest BCUT2D eigenvalue weighted by Crippen LogP contribution is -2.41. The smallest absolute Gasteiger partial charge is 0.325 e. The molecule has 4 amide bonds. The van der Waals surface area contributed by atoms with Crippen molar-refractivity contribution in [2.75, 3.05) is 11.9 Å². The van der Waals surface area contributed by atoms with Gasteiger partial charge in [0.15, 0.2) is 5.78 Å². The largest absolute Gasteiger partial charge is 0.326 e. The Kier molecular flexibility index (Phi) is 5.72. The molecule has 0 unspecified atom stereocenters. The predicted octanol–water partition coefficient (Wildman–Crippen LogP) is 3.63. The van der Waals surface area contributed by atoms with Crippen molar-refractivity contribution in [1.82, 2.24) is 10.2 Å². The summed E-state index contributed by atoms with van der Waals surface area (Å²) in [4.78, 5) is 51.2. The summed E-state index contributed by atoms with van der Waals surface area (Å²) in [6.45, 7) is 8.63. The van der Waals surface area contributed by atoms with E-state index >= 15 is 0 Å². The van der Waals surface area contributed by atoms with E-state index in [4.69, 9.17) is 0 Å². The number of nitrogens with one attached hydrogen (secondary N) is 2. The Bertz CT molecular complexity index is 1040. The summed E-state index contributed by atoms with van der Waals surface area (Å²) < 4.78 is 0. The zero-order chi connectivity index (χ0) is 23.0. The molecule has 1 heterocycles. The first-order valence-electron chi connectivity index (χ1n) is 10.1. The number of aryl methyl sites for hydroxylation is 1. The quantitative estimate of drug-likeness (QED) is 0.569. The number of Topliss-reactive ketones (excluding diaryl/α,β-unsaturated/α-hetero) is 1. The lowest BCUT2D eigenvalue weighted by atomic mass is 9.91. The van der Waals surface area contributed by atoms with Crippen molar-refractivity contribution in [2.45, 2.75) is 40.2 Å². The molecule has 7 nitrogen and oxygen atoms in total. The van der Waals surface area contributed by atoms with E-state index in [1.54, 1.807) is 43.3 Å². The van der Waals surface area contributed by atoms with Crippen molar-refractivity contribution >= 4 is 29.3 Å². The number of anilines is 1. The number of imide groups is 1. The number of hydrogen-bond acceptors (Lipinski definition) is 4. The molecule has 2 aromatic rings. The molecular weight excluding hydrogens is 394 g/mol. The van der Waals surface area contributed by atoms with Crippen LogP contribution in [0.1, 0.15) is 49.2 Å². The molecule has 162 valence electrons. The van der Waals surface area contributed by atoms with Crippen LogP contribution in [0.4, 0.5) is 10.5 Å². The third-order valence-corrected chi connectivity index (χ3v) is 5.35. The molecule has 1 saturated heterocycles. The molecular formula is C24H27N3O4. The molecule has 3 rings (SSSR count). The van der Waals surface area contributed by atoms with E-state index < -0.39 is 22.9 Å². The van der Waals surface area contributed by atoms with Gasteiger partial charge in [0.2, 0.25) is 5.91 Å². The van der Waals surface area contributed by atoms with E-state index in [0.29, 0.717) is 16.8 Å². The zero-order valence-electron chi connectivity index (χ0n) is 18.4. The van der Waals surface area contributed by atoms with Gasteiger partial charge in [0.1, 0.15) is 5.54 Å². The SMILES string of the molecule is Cc1ccc([C@]2(C)NC(=O)N(CC(=O)c3ccc(NC(=O)C(C)(C)C)cc3)C2=O)cc1. The third-order valence-electron chi connectivity index (χ3n) is 5.35. The molecule has 0 aliphatic carbocycles. The van der Waals surface area contributed by atoms with E-state index in [1.165, 1.54) is 0 Å². The molecule has 2 aromatic carbocycles. The summed E-state index contributed by atoms with van der Waals surface area (Å²) >= 11 is 0. The minimum absolute atomic E-state index is 0.138. The van der Waals surface area contributed by atoms with E-state index in [-0.39, 0.29) is 18.2 Å². The van der Waals surface area contributed by atoms with Gasteiger partial charge in [0.05, 0.1) is 6.54 Å². The maximum atomic E-state index is 13.0.